The zero-order valence-corrected chi connectivity index (χ0v) is 12.1. The third kappa shape index (κ3) is 3.02. The van der Waals surface area contributed by atoms with Gasteiger partial charge in [-0.3, -0.25) is 4.79 Å². The van der Waals surface area contributed by atoms with Crippen LogP contribution in [0.1, 0.15) is 39.9 Å². The minimum atomic E-state index is -0.162. The minimum Gasteiger partial charge on any atom is -0.267 e. The first kappa shape index (κ1) is 13.6. The first-order chi connectivity index (χ1) is 10.2. The molecule has 1 N–H and O–H groups in total. The van der Waals surface area contributed by atoms with E-state index in [4.69, 9.17) is 0 Å². The highest BCUT2D eigenvalue weighted by atomic mass is 16.2. The van der Waals surface area contributed by atoms with Gasteiger partial charge in [-0.25, -0.2) is 5.43 Å². The van der Waals surface area contributed by atoms with Crippen molar-refractivity contribution >= 4 is 11.6 Å². The number of aryl methyl sites for hydroxylation is 2. The van der Waals surface area contributed by atoms with Crippen LogP contribution in [0.2, 0.25) is 0 Å². The Morgan fingerprint density at radius 2 is 1.81 bits per heavy atom. The standard InChI is InChI=1S/C18H18N2O/c1-13-9-11-15(12-10-13)18(21)20-19-17-8-4-6-14-5-2-3-7-16(14)17/h2-3,5,7,9-12H,4,6,8H2,1H3,(H,20,21)/b19-17+. The Morgan fingerprint density at radius 3 is 2.62 bits per heavy atom. The van der Waals surface area contributed by atoms with Crippen molar-refractivity contribution in [2.24, 2.45) is 5.10 Å². The van der Waals surface area contributed by atoms with E-state index < -0.39 is 0 Å². The Labute approximate surface area is 124 Å². The minimum absolute atomic E-state index is 0.162. The molecule has 2 aromatic carbocycles. The van der Waals surface area contributed by atoms with E-state index in [1.165, 1.54) is 5.56 Å². The number of carbonyl (C=O) groups excluding carboxylic acids is 1. The molecule has 0 spiro atoms. The second-order valence-electron chi connectivity index (χ2n) is 5.38. The van der Waals surface area contributed by atoms with Crippen molar-refractivity contribution in [2.75, 3.05) is 0 Å². The number of amides is 1. The van der Waals surface area contributed by atoms with Crippen LogP contribution in [0.4, 0.5) is 0 Å². The van der Waals surface area contributed by atoms with E-state index in [2.05, 4.69) is 22.7 Å². The third-order valence-electron chi connectivity index (χ3n) is 3.79. The second-order valence-corrected chi connectivity index (χ2v) is 5.38. The van der Waals surface area contributed by atoms with E-state index in [1.54, 1.807) is 0 Å². The SMILES string of the molecule is Cc1ccc(C(=O)N/N=C2\CCCc3ccccc32)cc1. The van der Waals surface area contributed by atoms with Gasteiger partial charge in [0.15, 0.2) is 0 Å². The van der Waals surface area contributed by atoms with E-state index >= 15 is 0 Å². The number of carbonyl (C=O) groups is 1. The molecule has 0 bridgehead atoms. The fourth-order valence-electron chi connectivity index (χ4n) is 2.60. The Hall–Kier alpha value is -2.42. The van der Waals surface area contributed by atoms with E-state index in [9.17, 15) is 4.79 Å². The van der Waals surface area contributed by atoms with Crippen molar-refractivity contribution in [1.29, 1.82) is 0 Å². The zero-order valence-electron chi connectivity index (χ0n) is 12.1. The van der Waals surface area contributed by atoms with E-state index in [0.29, 0.717) is 5.56 Å². The van der Waals surface area contributed by atoms with Gasteiger partial charge in [0.25, 0.3) is 5.91 Å². The molecule has 3 heteroatoms. The van der Waals surface area contributed by atoms with Crippen LogP contribution in [0.3, 0.4) is 0 Å². The Kier molecular flexibility index (Phi) is 3.82. The van der Waals surface area contributed by atoms with Crippen LogP contribution in [-0.2, 0) is 6.42 Å². The summed E-state index contributed by atoms with van der Waals surface area (Å²) < 4.78 is 0. The summed E-state index contributed by atoms with van der Waals surface area (Å²) in [6.07, 6.45) is 3.07. The maximum absolute atomic E-state index is 12.1. The van der Waals surface area contributed by atoms with Gasteiger partial charge in [0.05, 0.1) is 5.71 Å². The normalized spacial score (nSPS) is 15.6. The molecule has 2 aromatic rings. The van der Waals surface area contributed by atoms with Crippen molar-refractivity contribution in [3.05, 3.63) is 70.8 Å². The summed E-state index contributed by atoms with van der Waals surface area (Å²) in [5.74, 6) is -0.162. The average molecular weight is 278 g/mol. The molecule has 1 aliphatic rings. The summed E-state index contributed by atoms with van der Waals surface area (Å²) in [6.45, 7) is 2.00. The van der Waals surface area contributed by atoms with Crippen molar-refractivity contribution in [3.8, 4) is 0 Å². The quantitative estimate of drug-likeness (QED) is 0.840. The van der Waals surface area contributed by atoms with Gasteiger partial charge in [0.2, 0.25) is 0 Å². The molecule has 0 aromatic heterocycles. The van der Waals surface area contributed by atoms with E-state index in [0.717, 1.165) is 36.1 Å². The molecule has 106 valence electrons. The highest BCUT2D eigenvalue weighted by Crippen LogP contribution is 2.21. The van der Waals surface area contributed by atoms with Crippen LogP contribution in [0, 0.1) is 6.92 Å². The summed E-state index contributed by atoms with van der Waals surface area (Å²) in [7, 11) is 0. The van der Waals surface area contributed by atoms with Gasteiger partial charge in [-0.15, -0.1) is 0 Å². The lowest BCUT2D eigenvalue weighted by atomic mass is 9.90. The first-order valence-electron chi connectivity index (χ1n) is 7.26. The van der Waals surface area contributed by atoms with Crippen LogP contribution in [-0.4, -0.2) is 11.6 Å². The fraction of sp³-hybridized carbons (Fsp3) is 0.222. The van der Waals surface area contributed by atoms with Gasteiger partial charge in [-0.1, -0.05) is 42.0 Å². The Bertz CT molecular complexity index is 687. The monoisotopic (exact) mass is 278 g/mol. The molecule has 0 atom stereocenters. The maximum Gasteiger partial charge on any atom is 0.271 e. The van der Waals surface area contributed by atoms with Crippen molar-refractivity contribution in [1.82, 2.24) is 5.43 Å². The molecule has 0 heterocycles. The fourth-order valence-corrected chi connectivity index (χ4v) is 2.60. The molecule has 0 fully saturated rings. The van der Waals surface area contributed by atoms with E-state index in [-0.39, 0.29) is 5.91 Å². The van der Waals surface area contributed by atoms with Crippen LogP contribution in [0.15, 0.2) is 53.6 Å². The molecule has 1 amide bonds. The molecule has 1 aliphatic carbocycles. The van der Waals surface area contributed by atoms with Gasteiger partial charge < -0.3 is 0 Å². The smallest absolute Gasteiger partial charge is 0.267 e. The van der Waals surface area contributed by atoms with Crippen molar-refractivity contribution in [3.63, 3.8) is 0 Å². The average Bonchev–Trinajstić information content (AvgIpc) is 2.53. The second kappa shape index (κ2) is 5.92. The largest absolute Gasteiger partial charge is 0.271 e. The molecule has 0 radical (unpaired) electrons. The molecule has 21 heavy (non-hydrogen) atoms. The topological polar surface area (TPSA) is 41.5 Å². The molecule has 0 saturated heterocycles. The van der Waals surface area contributed by atoms with Gasteiger partial charge in [0.1, 0.15) is 0 Å². The van der Waals surface area contributed by atoms with Gasteiger partial charge in [-0.05, 0) is 43.9 Å². The highest BCUT2D eigenvalue weighted by Gasteiger charge is 2.15. The number of fused-ring (bicyclic) bond motifs is 1. The lowest BCUT2D eigenvalue weighted by molar-refractivity contribution is 0.0954. The zero-order chi connectivity index (χ0) is 14.7. The van der Waals surface area contributed by atoms with Crippen LogP contribution >= 0.6 is 0 Å². The first-order valence-corrected chi connectivity index (χ1v) is 7.26. The number of benzene rings is 2. The molecule has 0 saturated carbocycles. The van der Waals surface area contributed by atoms with Gasteiger partial charge >= 0.3 is 0 Å². The molecule has 0 aliphatic heterocycles. The molecule has 3 rings (SSSR count). The predicted molar refractivity (Wildman–Crippen MR) is 84.6 cm³/mol. The van der Waals surface area contributed by atoms with Crippen LogP contribution in [0.5, 0.6) is 0 Å². The van der Waals surface area contributed by atoms with Gasteiger partial charge in [0, 0.05) is 11.1 Å². The lowest BCUT2D eigenvalue weighted by Gasteiger charge is -2.17. The Morgan fingerprint density at radius 1 is 1.05 bits per heavy atom. The van der Waals surface area contributed by atoms with Crippen molar-refractivity contribution in [2.45, 2.75) is 26.2 Å². The van der Waals surface area contributed by atoms with Crippen molar-refractivity contribution < 1.29 is 4.79 Å². The number of nitrogens with one attached hydrogen (secondary N) is 1. The number of hydrazone groups is 1. The number of nitrogens with zero attached hydrogens (tertiary/aromatic N) is 1. The summed E-state index contributed by atoms with van der Waals surface area (Å²) in [5.41, 5.74) is 7.89. The number of rotatable bonds is 2. The highest BCUT2D eigenvalue weighted by molar-refractivity contribution is 6.04. The third-order valence-corrected chi connectivity index (χ3v) is 3.79. The van der Waals surface area contributed by atoms with E-state index in [1.807, 2.05) is 43.3 Å². The molecule has 0 unspecified atom stereocenters. The predicted octanol–water partition coefficient (Wildman–Crippen LogP) is 3.47. The lowest BCUT2D eigenvalue weighted by Crippen LogP contribution is -2.22. The summed E-state index contributed by atoms with van der Waals surface area (Å²) >= 11 is 0. The summed E-state index contributed by atoms with van der Waals surface area (Å²) in [6, 6.07) is 15.8. The molecular weight excluding hydrogens is 260 g/mol. The number of hydrogen-bond donors (Lipinski definition) is 1. The number of hydrogen-bond acceptors (Lipinski definition) is 2. The molecular formula is C18H18N2O. The Balaban J connectivity index is 1.78. The van der Waals surface area contributed by atoms with Gasteiger partial charge in [-0.2, -0.15) is 5.10 Å². The van der Waals surface area contributed by atoms with Crippen LogP contribution < -0.4 is 5.43 Å². The maximum atomic E-state index is 12.1. The summed E-state index contributed by atoms with van der Waals surface area (Å²) in [4.78, 5) is 12.1. The molecule has 3 nitrogen and oxygen atoms in total. The summed E-state index contributed by atoms with van der Waals surface area (Å²) in [5, 5.41) is 4.34. The van der Waals surface area contributed by atoms with Crippen LogP contribution in [0.25, 0.3) is 0 Å².